The molecule has 0 amide bonds. The van der Waals surface area contributed by atoms with Gasteiger partial charge in [0.1, 0.15) is 17.1 Å². The monoisotopic (exact) mass is 519 g/mol. The van der Waals surface area contributed by atoms with Crippen LogP contribution in [0.4, 0.5) is 13.2 Å². The molecule has 202 valence electrons. The first-order chi connectivity index (χ1) is 17.1. The van der Waals surface area contributed by atoms with Gasteiger partial charge in [-0.15, -0.1) is 0 Å². The number of phenols is 1. The number of rotatable bonds is 8. The Morgan fingerprint density at radius 2 is 1.51 bits per heavy atom. The van der Waals surface area contributed by atoms with E-state index in [0.717, 1.165) is 5.56 Å². The van der Waals surface area contributed by atoms with Gasteiger partial charge >= 0.3 is 6.18 Å². The highest BCUT2D eigenvalue weighted by Gasteiger charge is 2.41. The first kappa shape index (κ1) is 28.6. The Labute approximate surface area is 215 Å². The molecule has 2 aromatic carbocycles. The first-order valence-corrected chi connectivity index (χ1v) is 12.5. The summed E-state index contributed by atoms with van der Waals surface area (Å²) in [7, 11) is 0. The molecular formula is C29H36F3NO4. The summed E-state index contributed by atoms with van der Waals surface area (Å²) in [5, 5.41) is 10.5. The zero-order valence-electron chi connectivity index (χ0n) is 22.5. The lowest BCUT2D eigenvalue weighted by Crippen LogP contribution is -2.31. The highest BCUT2D eigenvalue weighted by Crippen LogP contribution is 2.40. The summed E-state index contributed by atoms with van der Waals surface area (Å²) in [5.74, 6) is -2.02. The van der Waals surface area contributed by atoms with E-state index in [0.29, 0.717) is 24.9 Å². The Balaban J connectivity index is 2.15. The number of phenolic OH excluding ortho intramolecular Hbond substituents is 1. The second-order valence-corrected chi connectivity index (χ2v) is 11.4. The summed E-state index contributed by atoms with van der Waals surface area (Å²) in [6.45, 7) is 15.6. The van der Waals surface area contributed by atoms with E-state index in [4.69, 9.17) is 9.15 Å². The maximum absolute atomic E-state index is 14.1. The van der Waals surface area contributed by atoms with Crippen LogP contribution >= 0.6 is 0 Å². The zero-order valence-corrected chi connectivity index (χ0v) is 22.5. The van der Waals surface area contributed by atoms with Crippen molar-refractivity contribution >= 4 is 11.0 Å². The van der Waals surface area contributed by atoms with Crippen LogP contribution in [0.5, 0.6) is 17.2 Å². The molecule has 8 heteroatoms. The maximum Gasteiger partial charge on any atom is 0.453 e. The highest BCUT2D eigenvalue weighted by atomic mass is 19.4. The van der Waals surface area contributed by atoms with Crippen LogP contribution < -0.4 is 10.2 Å². The van der Waals surface area contributed by atoms with E-state index < -0.39 is 23.1 Å². The van der Waals surface area contributed by atoms with E-state index in [2.05, 4.69) is 0 Å². The number of nitrogens with zero attached hydrogens (tertiary/aromatic N) is 1. The predicted octanol–water partition coefficient (Wildman–Crippen LogP) is 7.72. The molecule has 0 saturated carbocycles. The van der Waals surface area contributed by atoms with Crippen molar-refractivity contribution < 1.29 is 27.4 Å². The Kier molecular flexibility index (Phi) is 8.32. The fraction of sp³-hybridized carbons (Fsp3) is 0.483. The van der Waals surface area contributed by atoms with Crippen molar-refractivity contribution in [1.29, 1.82) is 0 Å². The van der Waals surface area contributed by atoms with Crippen molar-refractivity contribution in [3.8, 4) is 17.2 Å². The van der Waals surface area contributed by atoms with Crippen LogP contribution in [-0.4, -0.2) is 23.1 Å². The SMILES string of the molecule is CC(C)CN(Cc1c(O)ccc2c(=O)c(Oc3ccc(C(C)(C)C)cc3)c(C(F)(F)F)oc12)CC(C)C. The van der Waals surface area contributed by atoms with E-state index in [9.17, 15) is 23.1 Å². The van der Waals surface area contributed by atoms with Crippen molar-refractivity contribution in [2.45, 2.75) is 66.6 Å². The molecule has 3 aromatic rings. The van der Waals surface area contributed by atoms with Crippen molar-refractivity contribution in [1.82, 2.24) is 4.90 Å². The molecule has 0 atom stereocenters. The largest absolute Gasteiger partial charge is 0.507 e. The van der Waals surface area contributed by atoms with Crippen LogP contribution in [0.2, 0.25) is 0 Å². The standard InChI is InChI=1S/C29H36F3NO4/c1-17(2)14-33(15-18(3)4)16-22-23(34)13-12-21-24(35)26(27(29(30,31)32)37-25(21)22)36-20-10-8-19(9-11-20)28(5,6)7/h8-13,17-18,34H,14-16H2,1-7H3. The number of benzene rings is 2. The van der Waals surface area contributed by atoms with E-state index in [-0.39, 0.29) is 40.0 Å². The molecule has 1 heterocycles. The smallest absolute Gasteiger partial charge is 0.453 e. The Morgan fingerprint density at radius 3 is 2.00 bits per heavy atom. The molecule has 0 aliphatic rings. The minimum Gasteiger partial charge on any atom is -0.507 e. The number of halogens is 3. The van der Waals surface area contributed by atoms with Crippen molar-refractivity contribution in [2.75, 3.05) is 13.1 Å². The molecular weight excluding hydrogens is 483 g/mol. The summed E-state index contributed by atoms with van der Waals surface area (Å²) in [6.07, 6.45) is -4.99. The first-order valence-electron chi connectivity index (χ1n) is 12.5. The van der Waals surface area contributed by atoms with Gasteiger partial charge in [0.25, 0.3) is 5.76 Å². The third kappa shape index (κ3) is 6.86. The van der Waals surface area contributed by atoms with Crippen LogP contribution in [0, 0.1) is 11.8 Å². The number of ether oxygens (including phenoxy) is 1. The highest BCUT2D eigenvalue weighted by molar-refractivity contribution is 5.83. The lowest BCUT2D eigenvalue weighted by molar-refractivity contribution is -0.154. The summed E-state index contributed by atoms with van der Waals surface area (Å²) < 4.78 is 53.3. The van der Waals surface area contributed by atoms with Gasteiger partial charge in [-0.3, -0.25) is 9.69 Å². The van der Waals surface area contributed by atoms with Crippen LogP contribution in [0.25, 0.3) is 11.0 Å². The van der Waals surface area contributed by atoms with E-state index in [1.165, 1.54) is 24.3 Å². The second kappa shape index (κ2) is 10.8. The fourth-order valence-corrected chi connectivity index (χ4v) is 4.32. The zero-order chi connectivity index (χ0) is 27.7. The Bertz CT molecular complexity index is 1280. The molecule has 0 bridgehead atoms. The van der Waals surface area contributed by atoms with Gasteiger partial charge in [0.05, 0.1) is 10.9 Å². The lowest BCUT2D eigenvalue weighted by Gasteiger charge is -2.26. The van der Waals surface area contributed by atoms with Gasteiger partial charge in [-0.05, 0) is 47.1 Å². The molecule has 0 spiro atoms. The average molecular weight is 520 g/mol. The van der Waals surface area contributed by atoms with Crippen LogP contribution in [0.1, 0.15) is 65.4 Å². The Morgan fingerprint density at radius 1 is 0.946 bits per heavy atom. The number of alkyl halides is 3. The summed E-state index contributed by atoms with van der Waals surface area (Å²) in [6, 6.07) is 9.14. The molecule has 0 radical (unpaired) electrons. The van der Waals surface area contributed by atoms with Crippen molar-refractivity contribution in [3.63, 3.8) is 0 Å². The second-order valence-electron chi connectivity index (χ2n) is 11.4. The third-order valence-electron chi connectivity index (χ3n) is 5.92. The number of hydrogen-bond acceptors (Lipinski definition) is 5. The quantitative estimate of drug-likeness (QED) is 0.330. The molecule has 1 N–H and O–H groups in total. The molecule has 3 rings (SSSR count). The van der Waals surface area contributed by atoms with Crippen molar-refractivity contribution in [2.24, 2.45) is 11.8 Å². The van der Waals surface area contributed by atoms with Gasteiger partial charge in [0, 0.05) is 19.6 Å². The van der Waals surface area contributed by atoms with E-state index in [1.54, 1.807) is 12.1 Å². The summed E-state index contributed by atoms with van der Waals surface area (Å²) >= 11 is 0. The molecule has 0 aliphatic carbocycles. The van der Waals surface area contributed by atoms with Crippen LogP contribution in [-0.2, 0) is 18.1 Å². The van der Waals surface area contributed by atoms with Crippen LogP contribution in [0.15, 0.2) is 45.6 Å². The minimum atomic E-state index is -4.99. The van der Waals surface area contributed by atoms with Crippen molar-refractivity contribution in [3.05, 3.63) is 63.5 Å². The predicted molar refractivity (Wildman–Crippen MR) is 139 cm³/mol. The third-order valence-corrected chi connectivity index (χ3v) is 5.92. The summed E-state index contributed by atoms with van der Waals surface area (Å²) in [4.78, 5) is 15.4. The van der Waals surface area contributed by atoms with Gasteiger partial charge in [-0.1, -0.05) is 60.6 Å². The molecule has 0 fully saturated rings. The molecule has 0 aliphatic heterocycles. The molecule has 5 nitrogen and oxygen atoms in total. The maximum atomic E-state index is 14.1. The average Bonchev–Trinajstić information content (AvgIpc) is 2.75. The molecule has 0 unspecified atom stereocenters. The van der Waals surface area contributed by atoms with E-state index >= 15 is 0 Å². The van der Waals surface area contributed by atoms with Gasteiger partial charge < -0.3 is 14.3 Å². The summed E-state index contributed by atoms with van der Waals surface area (Å²) in [5.41, 5.74) is -0.287. The van der Waals surface area contributed by atoms with Gasteiger partial charge in [-0.25, -0.2) is 0 Å². The van der Waals surface area contributed by atoms with Gasteiger partial charge in [0.15, 0.2) is 0 Å². The van der Waals surface area contributed by atoms with Crippen LogP contribution in [0.3, 0.4) is 0 Å². The normalized spacial score (nSPS) is 12.8. The number of fused-ring (bicyclic) bond motifs is 1. The Hall–Kier alpha value is -3.00. The van der Waals surface area contributed by atoms with Gasteiger partial charge in [0.2, 0.25) is 11.2 Å². The molecule has 37 heavy (non-hydrogen) atoms. The molecule has 0 saturated heterocycles. The minimum absolute atomic E-state index is 0.0869. The van der Waals surface area contributed by atoms with E-state index in [1.807, 2.05) is 53.4 Å². The lowest BCUT2D eigenvalue weighted by atomic mass is 9.87. The molecule has 1 aromatic heterocycles. The number of hydrogen-bond donors (Lipinski definition) is 1. The fourth-order valence-electron chi connectivity index (χ4n) is 4.32. The van der Waals surface area contributed by atoms with Gasteiger partial charge in [-0.2, -0.15) is 13.2 Å². The topological polar surface area (TPSA) is 62.9 Å². The number of aromatic hydroxyl groups is 1.